The second-order valence-corrected chi connectivity index (χ2v) is 15.4. The molecule has 0 aromatic carbocycles. The van der Waals surface area contributed by atoms with Gasteiger partial charge in [-0.25, -0.2) is 0 Å². The minimum Gasteiger partial charge on any atom is -0.462 e. The Balaban J connectivity index is 1.58. The molecule has 1 N–H and O–H groups in total. The van der Waals surface area contributed by atoms with Gasteiger partial charge < -0.3 is 9.84 Å². The number of ether oxygens (including phenoxy) is 1. The molecule has 0 amide bonds. The fraction of sp³-hybridized carbons (Fsp3) is 0.906. The summed E-state index contributed by atoms with van der Waals surface area (Å²) < 4.78 is 6.11. The van der Waals surface area contributed by atoms with E-state index in [1.807, 2.05) is 0 Å². The number of carbonyl (C=O) groups is 1. The highest BCUT2D eigenvalue weighted by molar-refractivity contribution is 5.66. The third-order valence-corrected chi connectivity index (χ3v) is 13.9. The van der Waals surface area contributed by atoms with Crippen molar-refractivity contribution < 1.29 is 14.6 Å². The number of esters is 1. The topological polar surface area (TPSA) is 46.5 Å². The van der Waals surface area contributed by atoms with Crippen LogP contribution in [0.1, 0.15) is 113 Å². The molecule has 0 aromatic rings. The van der Waals surface area contributed by atoms with E-state index in [2.05, 4.69) is 55.0 Å². The zero-order chi connectivity index (χ0) is 25.8. The molecule has 35 heavy (non-hydrogen) atoms. The molecule has 11 atom stereocenters. The Morgan fingerprint density at radius 2 is 1.54 bits per heavy atom. The van der Waals surface area contributed by atoms with E-state index in [4.69, 9.17) is 4.74 Å². The van der Waals surface area contributed by atoms with Gasteiger partial charge in [-0.3, -0.25) is 4.79 Å². The highest BCUT2D eigenvalue weighted by Crippen LogP contribution is 2.77. The van der Waals surface area contributed by atoms with Crippen LogP contribution < -0.4 is 0 Å². The number of carbonyl (C=O) groups excluding carboxylic acids is 1. The largest absolute Gasteiger partial charge is 0.462 e. The van der Waals surface area contributed by atoms with Gasteiger partial charge in [0.2, 0.25) is 0 Å². The second kappa shape index (κ2) is 7.84. The summed E-state index contributed by atoms with van der Waals surface area (Å²) in [6.07, 6.45) is 10.2. The Bertz CT molecular complexity index is 906. The van der Waals surface area contributed by atoms with Crippen LogP contribution in [-0.4, -0.2) is 23.3 Å². The van der Waals surface area contributed by atoms with Crippen molar-refractivity contribution in [2.24, 2.45) is 56.7 Å². The van der Waals surface area contributed by atoms with Crippen LogP contribution in [0, 0.1) is 56.7 Å². The summed E-state index contributed by atoms with van der Waals surface area (Å²) in [6, 6.07) is 0. The van der Waals surface area contributed by atoms with Crippen molar-refractivity contribution in [2.45, 2.75) is 125 Å². The molecule has 0 aromatic heterocycles. The molecule has 0 saturated heterocycles. The van der Waals surface area contributed by atoms with Gasteiger partial charge in [-0.1, -0.05) is 53.7 Å². The monoisotopic (exact) mass is 484 g/mol. The minimum absolute atomic E-state index is 0.0977. The van der Waals surface area contributed by atoms with E-state index in [1.165, 1.54) is 50.5 Å². The molecule has 5 rings (SSSR count). The Hall–Kier alpha value is -0.830. The van der Waals surface area contributed by atoms with Crippen LogP contribution in [0.4, 0.5) is 0 Å². The summed E-state index contributed by atoms with van der Waals surface area (Å²) in [5.41, 5.74) is 2.14. The Kier molecular flexibility index (Phi) is 5.78. The van der Waals surface area contributed by atoms with E-state index in [1.54, 1.807) is 6.92 Å². The number of hydrogen-bond acceptors (Lipinski definition) is 3. The van der Waals surface area contributed by atoms with Gasteiger partial charge >= 0.3 is 5.97 Å². The average molecular weight is 485 g/mol. The summed E-state index contributed by atoms with van der Waals surface area (Å²) in [7, 11) is 0. The summed E-state index contributed by atoms with van der Waals surface area (Å²) >= 11 is 0. The van der Waals surface area contributed by atoms with Crippen molar-refractivity contribution in [2.75, 3.05) is 0 Å². The molecule has 3 heteroatoms. The van der Waals surface area contributed by atoms with E-state index in [0.717, 1.165) is 18.3 Å². The first-order valence-electron chi connectivity index (χ1n) is 14.6. The molecule has 0 aliphatic heterocycles. The summed E-state index contributed by atoms with van der Waals surface area (Å²) in [5, 5.41) is 11.2. The van der Waals surface area contributed by atoms with Crippen molar-refractivity contribution in [1.29, 1.82) is 0 Å². The Morgan fingerprint density at radius 1 is 0.857 bits per heavy atom. The van der Waals surface area contributed by atoms with Crippen LogP contribution in [-0.2, 0) is 9.53 Å². The third kappa shape index (κ3) is 3.21. The second-order valence-electron chi connectivity index (χ2n) is 15.4. The van der Waals surface area contributed by atoms with Gasteiger partial charge in [0.1, 0.15) is 6.10 Å². The van der Waals surface area contributed by atoms with E-state index in [-0.39, 0.29) is 28.3 Å². The molecule has 0 radical (unpaired) electrons. The summed E-state index contributed by atoms with van der Waals surface area (Å²) in [6.45, 7) is 23.2. The van der Waals surface area contributed by atoms with Gasteiger partial charge in [0.25, 0.3) is 0 Å². The molecule has 3 nitrogen and oxygen atoms in total. The summed E-state index contributed by atoms with van der Waals surface area (Å²) in [5.74, 6) is 2.87. The quantitative estimate of drug-likeness (QED) is 0.325. The highest BCUT2D eigenvalue weighted by atomic mass is 16.5. The van der Waals surface area contributed by atoms with Crippen LogP contribution >= 0.6 is 0 Å². The zero-order valence-electron chi connectivity index (χ0n) is 23.9. The lowest BCUT2D eigenvalue weighted by atomic mass is 9.32. The van der Waals surface area contributed by atoms with Crippen molar-refractivity contribution in [3.05, 3.63) is 12.2 Å². The minimum atomic E-state index is -0.425. The Labute approximate surface area is 214 Å². The molecular formula is C32H52O3. The predicted molar refractivity (Wildman–Crippen MR) is 142 cm³/mol. The molecule has 5 aliphatic carbocycles. The van der Waals surface area contributed by atoms with Gasteiger partial charge in [0, 0.05) is 18.8 Å². The smallest absolute Gasteiger partial charge is 0.302 e. The zero-order valence-corrected chi connectivity index (χ0v) is 23.9. The van der Waals surface area contributed by atoms with Crippen molar-refractivity contribution >= 4 is 5.97 Å². The van der Waals surface area contributed by atoms with Gasteiger partial charge in [-0.05, 0) is 110 Å². The van der Waals surface area contributed by atoms with Gasteiger partial charge in [-0.15, -0.1) is 0 Å². The number of rotatable bonds is 2. The lowest BCUT2D eigenvalue weighted by Crippen LogP contribution is -2.70. The molecule has 5 aliphatic rings. The maximum Gasteiger partial charge on any atom is 0.302 e. The van der Waals surface area contributed by atoms with Crippen LogP contribution in [0.5, 0.6) is 0 Å². The normalized spacial score (nSPS) is 54.6. The highest BCUT2D eigenvalue weighted by Gasteiger charge is 2.72. The molecule has 0 heterocycles. The SMILES string of the molecule is C=C(C)[C@@H]1CC[C@]2(C)CC[C@]3(C)[C@H](CC[C@@H]4[C@@]5(C)[C@H](OC(C)=O)C[C@H](O)C(C)(C)[C@@H]5CC[C@]43C)[C@@H]12. The molecule has 0 unspecified atom stereocenters. The predicted octanol–water partition coefficient (Wildman–Crippen LogP) is 7.57. The van der Waals surface area contributed by atoms with E-state index in [0.29, 0.717) is 35.0 Å². The first kappa shape index (κ1) is 25.8. The Morgan fingerprint density at radius 3 is 2.17 bits per heavy atom. The lowest BCUT2D eigenvalue weighted by Gasteiger charge is -2.73. The standard InChI is InChI=1S/C32H52O3/c1-19(2)21-12-14-29(6)16-17-30(7)22(27(21)29)10-11-24-31(30,8)15-13-23-28(4,5)25(34)18-26(32(23,24)9)35-20(3)33/h21-27,34H,1,10-18H2,2-9H3/t21-,22+,23-,24-,25-,26+,27+,29+,30+,31+,32-/m0/s1. The fourth-order valence-corrected chi connectivity index (χ4v) is 11.8. The first-order valence-corrected chi connectivity index (χ1v) is 14.6. The van der Waals surface area contributed by atoms with E-state index in [9.17, 15) is 9.90 Å². The lowest BCUT2D eigenvalue weighted by molar-refractivity contribution is -0.276. The summed E-state index contributed by atoms with van der Waals surface area (Å²) in [4.78, 5) is 12.3. The number of hydrogen-bond donors (Lipinski definition) is 1. The molecule has 5 fully saturated rings. The number of aliphatic hydroxyl groups excluding tert-OH is 1. The van der Waals surface area contributed by atoms with Gasteiger partial charge in [-0.2, -0.15) is 0 Å². The van der Waals surface area contributed by atoms with E-state index >= 15 is 0 Å². The van der Waals surface area contributed by atoms with Crippen LogP contribution in [0.3, 0.4) is 0 Å². The number of fused-ring (bicyclic) bond motifs is 7. The van der Waals surface area contributed by atoms with Gasteiger partial charge in [0.15, 0.2) is 0 Å². The van der Waals surface area contributed by atoms with Crippen molar-refractivity contribution in [3.8, 4) is 0 Å². The number of allylic oxidation sites excluding steroid dienone is 1. The molecular weight excluding hydrogens is 432 g/mol. The van der Waals surface area contributed by atoms with Gasteiger partial charge in [0.05, 0.1) is 6.10 Å². The molecule has 0 bridgehead atoms. The molecule has 198 valence electrons. The van der Waals surface area contributed by atoms with Crippen molar-refractivity contribution in [1.82, 2.24) is 0 Å². The van der Waals surface area contributed by atoms with Crippen LogP contribution in [0.25, 0.3) is 0 Å². The third-order valence-electron chi connectivity index (χ3n) is 13.9. The average Bonchev–Trinajstić information content (AvgIpc) is 3.10. The van der Waals surface area contributed by atoms with E-state index < -0.39 is 6.10 Å². The maximum atomic E-state index is 12.3. The first-order chi connectivity index (χ1) is 16.1. The fourth-order valence-electron chi connectivity index (χ4n) is 11.8. The molecule has 5 saturated carbocycles. The van der Waals surface area contributed by atoms with Crippen molar-refractivity contribution in [3.63, 3.8) is 0 Å². The maximum absolute atomic E-state index is 12.3. The molecule has 0 spiro atoms. The van der Waals surface area contributed by atoms with Crippen LogP contribution in [0.2, 0.25) is 0 Å². The van der Waals surface area contributed by atoms with Crippen LogP contribution in [0.15, 0.2) is 12.2 Å². The number of aliphatic hydroxyl groups is 1.